The Hall–Kier alpha value is -1.10. The quantitative estimate of drug-likeness (QED) is 0.210. The molecule has 0 fully saturated rings. The lowest BCUT2D eigenvalue weighted by molar-refractivity contribution is -0.148. The molecule has 0 aromatic heterocycles. The van der Waals surface area contributed by atoms with Gasteiger partial charge in [0.05, 0.1) is 13.0 Å². The van der Waals surface area contributed by atoms with E-state index in [0.29, 0.717) is 6.61 Å². The summed E-state index contributed by atoms with van der Waals surface area (Å²) >= 11 is 0. The second-order valence-electron chi connectivity index (χ2n) is 7.67. The molecule has 0 aromatic rings. The average Bonchev–Trinajstić information content (AvgIpc) is 2.64. The number of hydrogen-bond acceptors (Lipinski definition) is 4. The molecule has 5 heteroatoms. The van der Waals surface area contributed by atoms with Gasteiger partial charge in [-0.05, 0) is 6.42 Å². The van der Waals surface area contributed by atoms with Crippen molar-refractivity contribution in [1.29, 1.82) is 0 Å². The van der Waals surface area contributed by atoms with Crippen LogP contribution in [0.15, 0.2) is 0 Å². The molecule has 3 N–H and O–H groups in total. The SMILES string of the molecule is CCCCCCCCCCCCCCCCCCOC(=O)C[C@H](N)C(=O)O. The number of unbranched alkanes of at least 4 members (excludes halogenated alkanes) is 15. The van der Waals surface area contributed by atoms with Gasteiger partial charge in [-0.3, -0.25) is 9.59 Å². The first-order valence-electron chi connectivity index (χ1n) is 11.2. The predicted molar refractivity (Wildman–Crippen MR) is 111 cm³/mol. The number of carbonyl (C=O) groups is 2. The van der Waals surface area contributed by atoms with Crippen LogP contribution < -0.4 is 5.73 Å². The van der Waals surface area contributed by atoms with Crippen molar-refractivity contribution in [1.82, 2.24) is 0 Å². The van der Waals surface area contributed by atoms with Crippen LogP contribution in [0.1, 0.15) is 116 Å². The second-order valence-corrected chi connectivity index (χ2v) is 7.67. The zero-order valence-corrected chi connectivity index (χ0v) is 17.6. The minimum atomic E-state index is -1.17. The molecule has 0 saturated carbocycles. The Bertz CT molecular complexity index is 360. The van der Waals surface area contributed by atoms with Gasteiger partial charge < -0.3 is 15.6 Å². The lowest BCUT2D eigenvalue weighted by Gasteiger charge is -2.07. The van der Waals surface area contributed by atoms with Crippen molar-refractivity contribution < 1.29 is 19.4 Å². The maximum atomic E-state index is 11.4. The van der Waals surface area contributed by atoms with E-state index < -0.39 is 18.0 Å². The molecule has 0 aliphatic heterocycles. The predicted octanol–water partition coefficient (Wildman–Crippen LogP) is 5.59. The first-order valence-corrected chi connectivity index (χ1v) is 11.2. The first kappa shape index (κ1) is 25.9. The monoisotopic (exact) mass is 385 g/mol. The fourth-order valence-corrected chi connectivity index (χ4v) is 3.16. The zero-order valence-electron chi connectivity index (χ0n) is 17.6. The largest absolute Gasteiger partial charge is 0.480 e. The molecule has 27 heavy (non-hydrogen) atoms. The molecule has 0 bridgehead atoms. The topological polar surface area (TPSA) is 89.6 Å². The van der Waals surface area contributed by atoms with Crippen LogP contribution in [-0.4, -0.2) is 29.7 Å². The molecular formula is C22H43NO4. The van der Waals surface area contributed by atoms with E-state index in [1.807, 2.05) is 0 Å². The van der Waals surface area contributed by atoms with Crippen LogP contribution in [-0.2, 0) is 14.3 Å². The molecular weight excluding hydrogens is 342 g/mol. The van der Waals surface area contributed by atoms with E-state index in [2.05, 4.69) is 6.92 Å². The van der Waals surface area contributed by atoms with Crippen LogP contribution in [0.25, 0.3) is 0 Å². The summed E-state index contributed by atoms with van der Waals surface area (Å²) in [7, 11) is 0. The van der Waals surface area contributed by atoms with E-state index >= 15 is 0 Å². The summed E-state index contributed by atoms with van der Waals surface area (Å²) in [5.41, 5.74) is 5.28. The fourth-order valence-electron chi connectivity index (χ4n) is 3.16. The number of nitrogens with two attached hydrogens (primary N) is 1. The summed E-state index contributed by atoms with van der Waals surface area (Å²) in [6.45, 7) is 2.63. The average molecular weight is 386 g/mol. The molecule has 0 amide bonds. The third-order valence-corrected chi connectivity index (χ3v) is 4.96. The second kappa shape index (κ2) is 19.7. The van der Waals surface area contributed by atoms with Gasteiger partial charge in [-0.25, -0.2) is 0 Å². The molecule has 0 aliphatic carbocycles. The van der Waals surface area contributed by atoms with Crippen molar-refractivity contribution in [3.8, 4) is 0 Å². The number of carboxylic acids is 1. The first-order chi connectivity index (χ1) is 13.1. The van der Waals surface area contributed by atoms with Gasteiger partial charge in [0.15, 0.2) is 0 Å². The van der Waals surface area contributed by atoms with Gasteiger partial charge in [0, 0.05) is 0 Å². The Morgan fingerprint density at radius 1 is 0.741 bits per heavy atom. The lowest BCUT2D eigenvalue weighted by Crippen LogP contribution is -2.33. The van der Waals surface area contributed by atoms with E-state index in [1.54, 1.807) is 0 Å². The number of carboxylic acid groups (broad SMARTS) is 1. The molecule has 0 heterocycles. The molecule has 0 aromatic carbocycles. The maximum absolute atomic E-state index is 11.4. The summed E-state index contributed by atoms with van der Waals surface area (Å²) in [5.74, 6) is -1.69. The summed E-state index contributed by atoms with van der Waals surface area (Å²) in [6, 6.07) is -1.16. The summed E-state index contributed by atoms with van der Waals surface area (Å²) in [4.78, 5) is 21.9. The van der Waals surface area contributed by atoms with Crippen LogP contribution in [0.2, 0.25) is 0 Å². The molecule has 0 saturated heterocycles. The smallest absolute Gasteiger partial charge is 0.321 e. The minimum absolute atomic E-state index is 0.256. The van der Waals surface area contributed by atoms with Gasteiger partial charge in [-0.15, -0.1) is 0 Å². The number of rotatable bonds is 20. The van der Waals surface area contributed by atoms with Crippen molar-refractivity contribution in [2.24, 2.45) is 5.73 Å². The van der Waals surface area contributed by atoms with Gasteiger partial charge in [-0.1, -0.05) is 103 Å². The normalized spacial score (nSPS) is 12.1. The van der Waals surface area contributed by atoms with Crippen molar-refractivity contribution in [2.75, 3.05) is 6.61 Å². The summed E-state index contributed by atoms with van der Waals surface area (Å²) in [6.07, 6.45) is 20.6. The number of aliphatic carboxylic acids is 1. The Morgan fingerprint density at radius 2 is 1.11 bits per heavy atom. The lowest BCUT2D eigenvalue weighted by atomic mass is 10.0. The van der Waals surface area contributed by atoms with E-state index in [1.165, 1.54) is 89.9 Å². The Labute approximate surface area is 166 Å². The molecule has 0 rings (SSSR count). The van der Waals surface area contributed by atoms with Crippen molar-refractivity contribution in [3.63, 3.8) is 0 Å². The van der Waals surface area contributed by atoms with Crippen molar-refractivity contribution in [2.45, 2.75) is 122 Å². The molecule has 160 valence electrons. The Kier molecular flexibility index (Phi) is 18.9. The Balaban J connectivity index is 3.17. The number of carbonyl (C=O) groups excluding carboxylic acids is 1. The third-order valence-electron chi connectivity index (χ3n) is 4.96. The maximum Gasteiger partial charge on any atom is 0.321 e. The highest BCUT2D eigenvalue weighted by Crippen LogP contribution is 2.13. The standard InChI is InChI=1S/C22H43NO4/c1-2-3-4-5-6-7-8-9-10-11-12-13-14-15-16-17-18-27-21(24)19-20(23)22(25)26/h20H,2-19,23H2,1H3,(H,25,26)/t20-/m0/s1. The van der Waals surface area contributed by atoms with Crippen LogP contribution in [0, 0.1) is 0 Å². The highest BCUT2D eigenvalue weighted by atomic mass is 16.5. The van der Waals surface area contributed by atoms with Gasteiger partial charge in [0.2, 0.25) is 0 Å². The molecule has 0 unspecified atom stereocenters. The van der Waals surface area contributed by atoms with Gasteiger partial charge in [-0.2, -0.15) is 0 Å². The molecule has 0 aliphatic rings. The van der Waals surface area contributed by atoms with Gasteiger partial charge in [0.25, 0.3) is 0 Å². The van der Waals surface area contributed by atoms with E-state index in [9.17, 15) is 9.59 Å². The Morgan fingerprint density at radius 3 is 1.48 bits per heavy atom. The van der Waals surface area contributed by atoms with Gasteiger partial charge >= 0.3 is 11.9 Å². The van der Waals surface area contributed by atoms with Crippen LogP contribution >= 0.6 is 0 Å². The summed E-state index contributed by atoms with van der Waals surface area (Å²) in [5, 5.41) is 8.62. The zero-order chi connectivity index (χ0) is 20.2. The van der Waals surface area contributed by atoms with Crippen molar-refractivity contribution >= 4 is 11.9 Å². The highest BCUT2D eigenvalue weighted by Gasteiger charge is 2.16. The van der Waals surface area contributed by atoms with E-state index in [0.717, 1.165) is 12.8 Å². The molecule has 0 radical (unpaired) electrons. The molecule has 0 spiro atoms. The molecule has 5 nitrogen and oxygen atoms in total. The van der Waals surface area contributed by atoms with E-state index in [4.69, 9.17) is 15.6 Å². The number of ether oxygens (including phenoxy) is 1. The van der Waals surface area contributed by atoms with Crippen LogP contribution in [0.5, 0.6) is 0 Å². The summed E-state index contributed by atoms with van der Waals surface area (Å²) < 4.78 is 5.00. The van der Waals surface area contributed by atoms with Crippen LogP contribution in [0.4, 0.5) is 0 Å². The minimum Gasteiger partial charge on any atom is -0.480 e. The number of esters is 1. The van der Waals surface area contributed by atoms with Crippen LogP contribution in [0.3, 0.4) is 0 Å². The third kappa shape index (κ3) is 19.5. The number of hydrogen-bond donors (Lipinski definition) is 2. The van der Waals surface area contributed by atoms with E-state index in [-0.39, 0.29) is 6.42 Å². The molecule has 1 atom stereocenters. The van der Waals surface area contributed by atoms with Crippen molar-refractivity contribution in [3.05, 3.63) is 0 Å². The van der Waals surface area contributed by atoms with Gasteiger partial charge in [0.1, 0.15) is 6.04 Å². The fraction of sp³-hybridized carbons (Fsp3) is 0.909. The highest BCUT2D eigenvalue weighted by molar-refractivity contribution is 5.81.